The van der Waals surface area contributed by atoms with Crippen LogP contribution in [0.25, 0.3) is 10.9 Å². The number of carbonyl (C=O) groups excluding carboxylic acids is 1. The molecule has 2 fully saturated rings. The monoisotopic (exact) mass is 302 g/mol. The Hall–Kier alpha value is -1.88. The van der Waals surface area contributed by atoms with Crippen LogP contribution in [-0.2, 0) is 4.79 Å². The molecule has 1 N–H and O–H groups in total. The van der Waals surface area contributed by atoms with Crippen molar-refractivity contribution in [1.29, 1.82) is 0 Å². The third-order valence-electron chi connectivity index (χ3n) is 4.09. The number of hydrogen-bond donors (Lipinski definition) is 1. The van der Waals surface area contributed by atoms with Crippen LogP contribution in [0, 0.1) is 0 Å². The van der Waals surface area contributed by atoms with Crippen LogP contribution in [0.2, 0.25) is 5.02 Å². The molecule has 1 amide bonds. The van der Waals surface area contributed by atoms with E-state index in [0.717, 1.165) is 36.1 Å². The summed E-state index contributed by atoms with van der Waals surface area (Å²) in [5.74, 6) is 1.02. The van der Waals surface area contributed by atoms with Crippen molar-refractivity contribution in [3.05, 3.63) is 29.5 Å². The highest BCUT2D eigenvalue weighted by Gasteiger charge is 2.39. The molecular formula is C15H15ClN4O. The van der Waals surface area contributed by atoms with E-state index in [4.69, 9.17) is 11.6 Å². The molecule has 0 bridgehead atoms. The van der Waals surface area contributed by atoms with E-state index in [1.54, 1.807) is 0 Å². The Morgan fingerprint density at radius 1 is 1.29 bits per heavy atom. The Morgan fingerprint density at radius 2 is 2.14 bits per heavy atom. The molecular weight excluding hydrogens is 288 g/mol. The Labute approximate surface area is 127 Å². The number of carbonyl (C=O) groups is 1. The Bertz CT molecular complexity index is 716. The first kappa shape index (κ1) is 12.8. The van der Waals surface area contributed by atoms with Crippen LogP contribution in [0.15, 0.2) is 24.5 Å². The van der Waals surface area contributed by atoms with Crippen LogP contribution >= 0.6 is 11.6 Å². The van der Waals surface area contributed by atoms with Gasteiger partial charge in [-0.25, -0.2) is 9.97 Å². The molecule has 1 aromatic carbocycles. The van der Waals surface area contributed by atoms with E-state index in [1.807, 2.05) is 23.1 Å². The number of anilines is 1. The predicted molar refractivity (Wildman–Crippen MR) is 81.3 cm³/mol. The molecule has 1 aromatic heterocycles. The molecule has 1 aliphatic heterocycles. The van der Waals surface area contributed by atoms with Gasteiger partial charge in [0, 0.05) is 29.4 Å². The number of hydrogen-bond acceptors (Lipinski definition) is 4. The quantitative estimate of drug-likeness (QED) is 0.946. The average Bonchev–Trinajstić information content (AvgIpc) is 3.23. The fourth-order valence-corrected chi connectivity index (χ4v) is 3.07. The molecule has 2 aromatic rings. The SMILES string of the molecule is O=C1CC(Nc2ncnc3cc(Cl)ccc23)CN1C1CC1. The van der Waals surface area contributed by atoms with Crippen LogP contribution < -0.4 is 5.32 Å². The fourth-order valence-electron chi connectivity index (χ4n) is 2.91. The minimum Gasteiger partial charge on any atom is -0.364 e. The van der Waals surface area contributed by atoms with Crippen LogP contribution in [0.5, 0.6) is 0 Å². The predicted octanol–water partition coefficient (Wildman–Crippen LogP) is 2.46. The lowest BCUT2D eigenvalue weighted by atomic mass is 10.2. The molecule has 0 radical (unpaired) electrons. The second-order valence-electron chi connectivity index (χ2n) is 5.71. The number of fused-ring (bicyclic) bond motifs is 1. The Morgan fingerprint density at radius 3 is 2.95 bits per heavy atom. The van der Waals surface area contributed by atoms with E-state index < -0.39 is 0 Å². The standard InChI is InChI=1S/C15H15ClN4O/c16-9-1-4-12-13(5-9)17-8-18-15(12)19-10-6-14(21)20(7-10)11-2-3-11/h1,4-5,8,10-11H,2-3,6-7H2,(H,17,18,19). The number of benzene rings is 1. The number of rotatable bonds is 3. The van der Waals surface area contributed by atoms with Crippen LogP contribution in [0.4, 0.5) is 5.82 Å². The van der Waals surface area contributed by atoms with Crippen molar-refractivity contribution in [2.45, 2.75) is 31.3 Å². The summed E-state index contributed by atoms with van der Waals surface area (Å²) in [4.78, 5) is 22.5. The van der Waals surface area contributed by atoms with Gasteiger partial charge < -0.3 is 10.2 Å². The number of likely N-dealkylation sites (tertiary alicyclic amines) is 1. The van der Waals surface area contributed by atoms with E-state index in [0.29, 0.717) is 17.5 Å². The summed E-state index contributed by atoms with van der Waals surface area (Å²) < 4.78 is 0. The van der Waals surface area contributed by atoms with Crippen molar-refractivity contribution < 1.29 is 4.79 Å². The molecule has 1 saturated carbocycles. The first-order valence-corrected chi connectivity index (χ1v) is 7.55. The summed E-state index contributed by atoms with van der Waals surface area (Å²) in [6.45, 7) is 0.766. The third-order valence-corrected chi connectivity index (χ3v) is 4.32. The summed E-state index contributed by atoms with van der Waals surface area (Å²) in [6, 6.07) is 6.15. The molecule has 21 heavy (non-hydrogen) atoms. The van der Waals surface area contributed by atoms with Gasteiger partial charge in [0.05, 0.1) is 11.6 Å². The smallest absolute Gasteiger partial charge is 0.225 e. The topological polar surface area (TPSA) is 58.1 Å². The first-order chi connectivity index (χ1) is 10.2. The number of aromatic nitrogens is 2. The summed E-state index contributed by atoms with van der Waals surface area (Å²) >= 11 is 5.99. The second kappa shape index (κ2) is 4.84. The molecule has 1 unspecified atom stereocenters. The number of nitrogens with one attached hydrogen (secondary N) is 1. The molecule has 108 valence electrons. The zero-order chi connectivity index (χ0) is 14.4. The molecule has 2 heterocycles. The maximum atomic E-state index is 12.0. The van der Waals surface area contributed by atoms with Gasteiger partial charge in [-0.3, -0.25) is 4.79 Å². The van der Waals surface area contributed by atoms with Crippen LogP contribution in [0.3, 0.4) is 0 Å². The van der Waals surface area contributed by atoms with E-state index in [2.05, 4.69) is 15.3 Å². The van der Waals surface area contributed by atoms with Gasteiger partial charge in [0.15, 0.2) is 0 Å². The molecule has 1 atom stereocenters. The first-order valence-electron chi connectivity index (χ1n) is 7.17. The highest BCUT2D eigenvalue weighted by molar-refractivity contribution is 6.31. The van der Waals surface area contributed by atoms with Gasteiger partial charge in [-0.1, -0.05) is 11.6 Å². The van der Waals surface area contributed by atoms with E-state index in [-0.39, 0.29) is 11.9 Å². The Balaban J connectivity index is 1.58. The summed E-state index contributed by atoms with van der Waals surface area (Å²) in [6.07, 6.45) is 4.35. The zero-order valence-electron chi connectivity index (χ0n) is 11.4. The van der Waals surface area contributed by atoms with Gasteiger partial charge in [-0.15, -0.1) is 0 Å². The van der Waals surface area contributed by atoms with Gasteiger partial charge in [0.25, 0.3) is 0 Å². The third kappa shape index (κ3) is 2.42. The minimum absolute atomic E-state index is 0.117. The van der Waals surface area contributed by atoms with Crippen molar-refractivity contribution in [2.24, 2.45) is 0 Å². The number of amides is 1. The maximum absolute atomic E-state index is 12.0. The average molecular weight is 303 g/mol. The molecule has 6 heteroatoms. The van der Waals surface area contributed by atoms with Gasteiger partial charge in [-0.05, 0) is 31.0 Å². The summed E-state index contributed by atoms with van der Waals surface area (Å²) in [5.41, 5.74) is 0.809. The lowest BCUT2D eigenvalue weighted by Gasteiger charge is -2.17. The van der Waals surface area contributed by atoms with Crippen LogP contribution in [0.1, 0.15) is 19.3 Å². The molecule has 5 nitrogen and oxygen atoms in total. The lowest BCUT2D eigenvalue weighted by Crippen LogP contribution is -2.29. The minimum atomic E-state index is 0.117. The van der Waals surface area contributed by atoms with E-state index >= 15 is 0 Å². The van der Waals surface area contributed by atoms with Crippen molar-refractivity contribution in [3.63, 3.8) is 0 Å². The lowest BCUT2D eigenvalue weighted by molar-refractivity contribution is -0.128. The molecule has 4 rings (SSSR count). The normalized spacial score (nSPS) is 22.0. The summed E-state index contributed by atoms with van der Waals surface area (Å²) in [5, 5.41) is 4.98. The highest BCUT2D eigenvalue weighted by atomic mass is 35.5. The summed E-state index contributed by atoms with van der Waals surface area (Å²) in [7, 11) is 0. The maximum Gasteiger partial charge on any atom is 0.225 e. The fraction of sp³-hybridized carbons (Fsp3) is 0.400. The zero-order valence-corrected chi connectivity index (χ0v) is 12.2. The van der Waals surface area contributed by atoms with Crippen molar-refractivity contribution in [1.82, 2.24) is 14.9 Å². The van der Waals surface area contributed by atoms with Gasteiger partial charge >= 0.3 is 0 Å². The number of halogens is 1. The second-order valence-corrected chi connectivity index (χ2v) is 6.14. The highest BCUT2D eigenvalue weighted by Crippen LogP contribution is 2.32. The van der Waals surface area contributed by atoms with Gasteiger partial charge in [0.1, 0.15) is 12.1 Å². The van der Waals surface area contributed by atoms with Crippen LogP contribution in [-0.4, -0.2) is 39.4 Å². The van der Waals surface area contributed by atoms with E-state index in [1.165, 1.54) is 6.33 Å². The number of nitrogens with zero attached hydrogens (tertiary/aromatic N) is 3. The van der Waals surface area contributed by atoms with Gasteiger partial charge in [0.2, 0.25) is 5.91 Å². The van der Waals surface area contributed by atoms with Crippen molar-refractivity contribution in [2.75, 3.05) is 11.9 Å². The van der Waals surface area contributed by atoms with E-state index in [9.17, 15) is 4.79 Å². The molecule has 1 saturated heterocycles. The molecule has 1 aliphatic carbocycles. The Kier molecular flexibility index (Phi) is 2.96. The van der Waals surface area contributed by atoms with Gasteiger partial charge in [-0.2, -0.15) is 0 Å². The van der Waals surface area contributed by atoms with Crippen molar-refractivity contribution >= 4 is 34.2 Å². The largest absolute Gasteiger partial charge is 0.364 e. The molecule has 0 spiro atoms. The van der Waals surface area contributed by atoms with Crippen molar-refractivity contribution in [3.8, 4) is 0 Å². The molecule has 2 aliphatic rings.